The summed E-state index contributed by atoms with van der Waals surface area (Å²) in [6, 6.07) is 8.66. The van der Waals surface area contributed by atoms with Gasteiger partial charge in [0.05, 0.1) is 6.33 Å². The first-order valence-corrected chi connectivity index (χ1v) is 7.71. The number of hydrogen-bond donors (Lipinski definition) is 1. The van der Waals surface area contributed by atoms with E-state index in [0.29, 0.717) is 10.8 Å². The van der Waals surface area contributed by atoms with Gasteiger partial charge in [-0.25, -0.2) is 4.98 Å². The van der Waals surface area contributed by atoms with Gasteiger partial charge in [0.2, 0.25) is 0 Å². The number of nitrogens with zero attached hydrogens (tertiary/aromatic N) is 2. The molecule has 21 heavy (non-hydrogen) atoms. The first-order chi connectivity index (χ1) is 9.93. The lowest BCUT2D eigenvalue weighted by atomic mass is 10.0. The van der Waals surface area contributed by atoms with Crippen LogP contribution in [0.5, 0.6) is 0 Å². The van der Waals surface area contributed by atoms with Crippen LogP contribution < -0.4 is 5.32 Å². The lowest BCUT2D eigenvalue weighted by molar-refractivity contribution is 0.457. The summed E-state index contributed by atoms with van der Waals surface area (Å²) in [5.41, 5.74) is 3.41. The Kier molecular flexibility index (Phi) is 3.40. The predicted molar refractivity (Wildman–Crippen MR) is 86.3 cm³/mol. The summed E-state index contributed by atoms with van der Waals surface area (Å²) in [7, 11) is 0. The van der Waals surface area contributed by atoms with Crippen molar-refractivity contribution in [2.75, 3.05) is 6.54 Å². The zero-order valence-electron chi connectivity index (χ0n) is 13.4. The van der Waals surface area contributed by atoms with E-state index in [1.807, 2.05) is 17.1 Å². The average Bonchev–Trinajstić information content (AvgIpc) is 2.85. The number of nitrogens with one attached hydrogen (secondary N) is 1. The van der Waals surface area contributed by atoms with Crippen LogP contribution in [-0.4, -0.2) is 16.1 Å². The minimum absolute atomic E-state index is 0.464. The third-order valence-electron chi connectivity index (χ3n) is 5.74. The van der Waals surface area contributed by atoms with E-state index >= 15 is 0 Å². The highest BCUT2D eigenvalue weighted by molar-refractivity contribution is 5.34. The molecule has 1 N–H and O–H groups in total. The van der Waals surface area contributed by atoms with E-state index in [4.69, 9.17) is 0 Å². The van der Waals surface area contributed by atoms with Gasteiger partial charge in [-0.15, -0.1) is 0 Å². The fourth-order valence-corrected chi connectivity index (χ4v) is 3.40. The van der Waals surface area contributed by atoms with Gasteiger partial charge in [-0.3, -0.25) is 0 Å². The molecule has 0 unspecified atom stereocenters. The molecule has 3 heteroatoms. The first-order valence-electron chi connectivity index (χ1n) is 7.71. The zero-order chi connectivity index (χ0) is 15.1. The third-order valence-corrected chi connectivity index (χ3v) is 5.74. The van der Waals surface area contributed by atoms with Crippen molar-refractivity contribution >= 4 is 0 Å². The fourth-order valence-electron chi connectivity index (χ4n) is 3.40. The second-order valence-corrected chi connectivity index (χ2v) is 7.26. The van der Waals surface area contributed by atoms with Crippen molar-refractivity contribution in [3.05, 3.63) is 48.5 Å². The number of aromatic nitrogens is 2. The molecule has 1 fully saturated rings. The summed E-state index contributed by atoms with van der Waals surface area (Å²) in [4.78, 5) is 4.07. The standard InChI is InChI=1S/C18H25N3/c1-17(2)16(18(17,3)4)12-20-11-14-5-7-15(8-6-14)21-10-9-19-13-21/h5-10,13,16,20H,11-12H2,1-4H3. The topological polar surface area (TPSA) is 29.9 Å². The summed E-state index contributed by atoms with van der Waals surface area (Å²) < 4.78 is 2.02. The molecule has 0 spiro atoms. The van der Waals surface area contributed by atoms with Gasteiger partial charge in [-0.2, -0.15) is 0 Å². The highest BCUT2D eigenvalue weighted by Gasteiger charge is 2.63. The Labute approximate surface area is 127 Å². The molecule has 0 amide bonds. The van der Waals surface area contributed by atoms with Gasteiger partial charge in [-0.1, -0.05) is 39.8 Å². The van der Waals surface area contributed by atoms with E-state index in [2.05, 4.69) is 62.3 Å². The summed E-state index contributed by atoms with van der Waals surface area (Å²) in [5, 5.41) is 3.61. The van der Waals surface area contributed by atoms with Crippen molar-refractivity contribution in [3.63, 3.8) is 0 Å². The number of rotatable bonds is 5. The molecule has 0 radical (unpaired) electrons. The molecule has 0 saturated heterocycles. The lowest BCUT2D eigenvalue weighted by Gasteiger charge is -2.08. The molecule has 112 valence electrons. The molecular weight excluding hydrogens is 258 g/mol. The van der Waals surface area contributed by atoms with Crippen LogP contribution >= 0.6 is 0 Å². The van der Waals surface area contributed by atoms with Gasteiger partial charge in [0.15, 0.2) is 0 Å². The second kappa shape index (κ2) is 4.99. The van der Waals surface area contributed by atoms with E-state index < -0.39 is 0 Å². The maximum absolute atomic E-state index is 4.07. The average molecular weight is 283 g/mol. The molecule has 0 atom stereocenters. The lowest BCUT2D eigenvalue weighted by Crippen LogP contribution is -2.18. The van der Waals surface area contributed by atoms with Crippen molar-refractivity contribution in [1.82, 2.24) is 14.9 Å². The predicted octanol–water partition coefficient (Wildman–Crippen LogP) is 3.64. The number of hydrogen-bond acceptors (Lipinski definition) is 2. The molecule has 1 heterocycles. The fraction of sp³-hybridized carbons (Fsp3) is 0.500. The van der Waals surface area contributed by atoms with E-state index in [1.165, 1.54) is 5.56 Å². The molecule has 2 aromatic rings. The largest absolute Gasteiger partial charge is 0.312 e. The first kappa shape index (κ1) is 14.3. The quantitative estimate of drug-likeness (QED) is 0.908. The summed E-state index contributed by atoms with van der Waals surface area (Å²) >= 11 is 0. The second-order valence-electron chi connectivity index (χ2n) is 7.26. The van der Waals surface area contributed by atoms with Crippen molar-refractivity contribution < 1.29 is 0 Å². The molecule has 3 rings (SSSR count). The van der Waals surface area contributed by atoms with E-state index in [-0.39, 0.29) is 0 Å². The van der Waals surface area contributed by atoms with Crippen LogP contribution in [0.25, 0.3) is 5.69 Å². The molecule has 3 nitrogen and oxygen atoms in total. The normalized spacial score (nSPS) is 19.6. The summed E-state index contributed by atoms with van der Waals surface area (Å²) in [5.74, 6) is 0.773. The minimum Gasteiger partial charge on any atom is -0.312 e. The summed E-state index contributed by atoms with van der Waals surface area (Å²) in [6.07, 6.45) is 5.59. The van der Waals surface area contributed by atoms with Gasteiger partial charge in [0, 0.05) is 24.6 Å². The van der Waals surface area contributed by atoms with Gasteiger partial charge in [0.1, 0.15) is 0 Å². The minimum atomic E-state index is 0.464. The van der Waals surface area contributed by atoms with Crippen LogP contribution in [0.1, 0.15) is 33.3 Å². The van der Waals surface area contributed by atoms with E-state index in [1.54, 1.807) is 6.20 Å². The van der Waals surface area contributed by atoms with Gasteiger partial charge in [-0.05, 0) is 41.0 Å². The molecule has 1 aromatic heterocycles. The highest BCUT2D eigenvalue weighted by atomic mass is 15.0. The van der Waals surface area contributed by atoms with Crippen LogP contribution in [0, 0.1) is 16.7 Å². The van der Waals surface area contributed by atoms with Crippen LogP contribution in [-0.2, 0) is 6.54 Å². The molecule has 0 bridgehead atoms. The molecular formula is C18H25N3. The monoisotopic (exact) mass is 283 g/mol. The number of benzene rings is 1. The Morgan fingerprint density at radius 3 is 2.29 bits per heavy atom. The Balaban J connectivity index is 1.53. The van der Waals surface area contributed by atoms with E-state index in [9.17, 15) is 0 Å². The van der Waals surface area contributed by atoms with Crippen molar-refractivity contribution in [2.24, 2.45) is 16.7 Å². The Bertz CT molecular complexity index is 580. The zero-order valence-corrected chi connectivity index (χ0v) is 13.4. The molecule has 1 saturated carbocycles. The SMILES string of the molecule is CC1(C)C(CNCc2ccc(-n3ccnc3)cc2)C1(C)C. The van der Waals surface area contributed by atoms with Gasteiger partial charge < -0.3 is 9.88 Å². The molecule has 0 aliphatic heterocycles. The Morgan fingerprint density at radius 2 is 1.76 bits per heavy atom. The third kappa shape index (κ3) is 2.51. The maximum Gasteiger partial charge on any atom is 0.0991 e. The highest BCUT2D eigenvalue weighted by Crippen LogP contribution is 2.67. The number of imidazole rings is 1. The van der Waals surface area contributed by atoms with Crippen LogP contribution in [0.4, 0.5) is 0 Å². The van der Waals surface area contributed by atoms with Gasteiger partial charge >= 0.3 is 0 Å². The molecule has 1 aliphatic carbocycles. The van der Waals surface area contributed by atoms with Crippen LogP contribution in [0.3, 0.4) is 0 Å². The summed E-state index contributed by atoms with van der Waals surface area (Å²) in [6.45, 7) is 11.5. The van der Waals surface area contributed by atoms with Crippen molar-refractivity contribution in [1.29, 1.82) is 0 Å². The van der Waals surface area contributed by atoms with Crippen LogP contribution in [0.15, 0.2) is 43.0 Å². The Morgan fingerprint density at radius 1 is 1.10 bits per heavy atom. The smallest absolute Gasteiger partial charge is 0.0991 e. The van der Waals surface area contributed by atoms with Gasteiger partial charge in [0.25, 0.3) is 0 Å². The van der Waals surface area contributed by atoms with Crippen molar-refractivity contribution in [2.45, 2.75) is 34.2 Å². The Hall–Kier alpha value is -1.61. The van der Waals surface area contributed by atoms with Crippen molar-refractivity contribution in [3.8, 4) is 5.69 Å². The maximum atomic E-state index is 4.07. The molecule has 1 aliphatic rings. The van der Waals surface area contributed by atoms with Crippen LogP contribution in [0.2, 0.25) is 0 Å². The molecule has 1 aromatic carbocycles. The van der Waals surface area contributed by atoms with E-state index in [0.717, 1.165) is 24.7 Å².